The molecule has 1 aromatic heterocycles. The molecule has 1 heterocycles. The Kier molecular flexibility index (Phi) is 5.37. The van der Waals surface area contributed by atoms with E-state index in [-0.39, 0.29) is 22.9 Å². The number of pyridine rings is 1. The van der Waals surface area contributed by atoms with Crippen LogP contribution >= 0.6 is 11.6 Å². The molecular formula is C18H21ClN2O4. The van der Waals surface area contributed by atoms with Gasteiger partial charge in [0.1, 0.15) is 5.78 Å². The first-order chi connectivity index (χ1) is 12.0. The molecule has 2 fully saturated rings. The predicted molar refractivity (Wildman–Crippen MR) is 92.0 cm³/mol. The topological polar surface area (TPSA) is 85.4 Å². The molecule has 0 saturated heterocycles. The molecule has 0 radical (unpaired) electrons. The molecular weight excluding hydrogens is 344 g/mol. The number of hydrogen-bond donors (Lipinski definition) is 1. The summed E-state index contributed by atoms with van der Waals surface area (Å²) in [6, 6.07) is 3.27. The molecule has 2 saturated carbocycles. The van der Waals surface area contributed by atoms with E-state index in [1.807, 2.05) is 0 Å². The molecule has 0 spiro atoms. The average Bonchev–Trinajstić information content (AvgIpc) is 2.56. The Morgan fingerprint density at radius 3 is 2.64 bits per heavy atom. The Bertz CT molecular complexity index is 677. The first-order valence-electron chi connectivity index (χ1n) is 8.61. The van der Waals surface area contributed by atoms with Gasteiger partial charge in [-0.3, -0.25) is 14.4 Å². The van der Waals surface area contributed by atoms with Gasteiger partial charge in [0.2, 0.25) is 0 Å². The van der Waals surface area contributed by atoms with Gasteiger partial charge in [-0.2, -0.15) is 0 Å². The Morgan fingerprint density at radius 1 is 1.32 bits per heavy atom. The van der Waals surface area contributed by atoms with Crippen molar-refractivity contribution in [2.24, 2.45) is 17.8 Å². The molecule has 25 heavy (non-hydrogen) atoms. The number of carbonyl (C=O) groups excluding carboxylic acids is 3. The number of amides is 1. The van der Waals surface area contributed by atoms with Crippen LogP contribution < -0.4 is 5.32 Å². The molecule has 6 nitrogen and oxygen atoms in total. The first kappa shape index (κ1) is 17.9. The van der Waals surface area contributed by atoms with Crippen LogP contribution in [0.1, 0.15) is 39.0 Å². The summed E-state index contributed by atoms with van der Waals surface area (Å²) >= 11 is 5.90. The number of rotatable bonds is 4. The molecule has 134 valence electrons. The number of anilines is 1. The van der Waals surface area contributed by atoms with Crippen molar-refractivity contribution in [1.29, 1.82) is 0 Å². The van der Waals surface area contributed by atoms with Gasteiger partial charge in [0.15, 0.2) is 11.3 Å². The van der Waals surface area contributed by atoms with Crippen LogP contribution in [-0.4, -0.2) is 28.7 Å². The highest BCUT2D eigenvalue weighted by Crippen LogP contribution is 2.40. The fourth-order valence-electron chi connectivity index (χ4n) is 3.71. The minimum Gasteiger partial charge on any atom is -0.452 e. The fourth-order valence-corrected chi connectivity index (χ4v) is 3.88. The van der Waals surface area contributed by atoms with Gasteiger partial charge >= 0.3 is 5.97 Å². The Balaban J connectivity index is 1.56. The molecule has 1 N–H and O–H groups in total. The van der Waals surface area contributed by atoms with Gasteiger partial charge in [-0.1, -0.05) is 18.0 Å². The normalized spacial score (nSPS) is 26.6. The van der Waals surface area contributed by atoms with Crippen molar-refractivity contribution in [2.45, 2.75) is 45.1 Å². The van der Waals surface area contributed by atoms with Crippen molar-refractivity contribution in [1.82, 2.24) is 4.98 Å². The minimum atomic E-state index is -0.943. The molecule has 2 bridgehead atoms. The number of hydrogen-bond acceptors (Lipinski definition) is 5. The number of ether oxygens (including phenoxy) is 1. The zero-order valence-corrected chi connectivity index (χ0v) is 14.8. The maximum absolute atomic E-state index is 12.4. The summed E-state index contributed by atoms with van der Waals surface area (Å²) in [5.74, 6) is -0.913. The van der Waals surface area contributed by atoms with Gasteiger partial charge in [0.05, 0.1) is 11.6 Å². The molecule has 1 unspecified atom stereocenters. The smallest absolute Gasteiger partial charge is 0.309 e. The van der Waals surface area contributed by atoms with Crippen molar-refractivity contribution in [3.63, 3.8) is 0 Å². The number of esters is 1. The number of fused-ring (bicyclic) bond motifs is 2. The van der Waals surface area contributed by atoms with Gasteiger partial charge in [-0.25, -0.2) is 4.98 Å². The highest BCUT2D eigenvalue weighted by atomic mass is 35.5. The summed E-state index contributed by atoms with van der Waals surface area (Å²) in [5.41, 5.74) is 0.370. The molecule has 0 aromatic carbocycles. The molecule has 1 amide bonds. The predicted octanol–water partition coefficient (Wildman–Crippen LogP) is 3.00. The van der Waals surface area contributed by atoms with Gasteiger partial charge in [0.25, 0.3) is 5.91 Å². The molecule has 2 aliphatic rings. The second-order valence-electron chi connectivity index (χ2n) is 6.81. The summed E-state index contributed by atoms with van der Waals surface area (Å²) in [6.07, 6.45) is 4.41. The van der Waals surface area contributed by atoms with E-state index in [2.05, 4.69) is 10.3 Å². The van der Waals surface area contributed by atoms with Crippen molar-refractivity contribution >= 4 is 34.9 Å². The number of aromatic nitrogens is 1. The molecule has 2 aliphatic carbocycles. The number of ketones is 1. The van der Waals surface area contributed by atoms with Crippen LogP contribution in [0.15, 0.2) is 18.3 Å². The molecule has 3 rings (SSSR count). The minimum absolute atomic E-state index is 0.0246. The summed E-state index contributed by atoms with van der Waals surface area (Å²) in [5, 5.41) is 2.77. The number of carbonyl (C=O) groups is 3. The zero-order chi connectivity index (χ0) is 18.0. The van der Waals surface area contributed by atoms with Crippen LogP contribution in [-0.2, 0) is 19.1 Å². The summed E-state index contributed by atoms with van der Waals surface area (Å²) in [4.78, 5) is 40.6. The van der Waals surface area contributed by atoms with E-state index < -0.39 is 18.0 Å². The highest BCUT2D eigenvalue weighted by Gasteiger charge is 2.42. The Morgan fingerprint density at radius 2 is 2.00 bits per heavy atom. The summed E-state index contributed by atoms with van der Waals surface area (Å²) in [7, 11) is 0. The van der Waals surface area contributed by atoms with E-state index in [9.17, 15) is 14.4 Å². The van der Waals surface area contributed by atoms with Crippen molar-refractivity contribution in [3.05, 3.63) is 23.5 Å². The van der Waals surface area contributed by atoms with Gasteiger partial charge in [-0.15, -0.1) is 0 Å². The van der Waals surface area contributed by atoms with Crippen LogP contribution in [0.4, 0.5) is 5.69 Å². The van der Waals surface area contributed by atoms with Crippen LogP contribution in [0.3, 0.4) is 0 Å². The van der Waals surface area contributed by atoms with Gasteiger partial charge in [0, 0.05) is 18.0 Å². The molecule has 7 heteroatoms. The monoisotopic (exact) mass is 364 g/mol. The third kappa shape index (κ3) is 4.00. The van der Waals surface area contributed by atoms with Crippen molar-refractivity contribution in [3.8, 4) is 0 Å². The Labute approximate surface area is 151 Å². The second kappa shape index (κ2) is 7.52. The van der Waals surface area contributed by atoms with Crippen LogP contribution in [0.2, 0.25) is 5.15 Å². The average molecular weight is 365 g/mol. The standard InChI is InChI=1S/C18H21ClN2O4/c1-10(17(23)21-14-6-3-7-20-16(14)19)25-18(24)13-8-11-4-2-5-12(9-13)15(11)22/h3,6-7,10-13H,2,4-5,8-9H2,1H3,(H,21,23)/t10-,11-,12+,13?/m0/s1. The lowest BCUT2D eigenvalue weighted by molar-refractivity contribution is -0.161. The third-order valence-corrected chi connectivity index (χ3v) is 5.36. The van der Waals surface area contributed by atoms with E-state index in [1.165, 1.54) is 13.1 Å². The van der Waals surface area contributed by atoms with E-state index >= 15 is 0 Å². The highest BCUT2D eigenvalue weighted by molar-refractivity contribution is 6.32. The lowest BCUT2D eigenvalue weighted by Crippen LogP contribution is -2.41. The van der Waals surface area contributed by atoms with Gasteiger partial charge in [-0.05, 0) is 44.7 Å². The quantitative estimate of drug-likeness (QED) is 0.655. The third-order valence-electron chi connectivity index (χ3n) is 5.06. The molecule has 0 aliphatic heterocycles. The summed E-state index contributed by atoms with van der Waals surface area (Å²) in [6.45, 7) is 1.52. The number of nitrogens with zero attached hydrogens (tertiary/aromatic N) is 1. The SMILES string of the molecule is C[C@H](OC(=O)C1C[C@H]2CCC[C@@H](C1)C2=O)C(=O)Nc1cccnc1Cl. The fraction of sp³-hybridized carbons (Fsp3) is 0.556. The summed E-state index contributed by atoms with van der Waals surface area (Å²) < 4.78 is 5.34. The van der Waals surface area contributed by atoms with E-state index in [4.69, 9.17) is 16.3 Å². The molecule has 1 aromatic rings. The number of nitrogens with one attached hydrogen (secondary N) is 1. The van der Waals surface area contributed by atoms with Crippen molar-refractivity contribution in [2.75, 3.05) is 5.32 Å². The first-order valence-corrected chi connectivity index (χ1v) is 8.99. The Hall–Kier alpha value is -1.95. The lowest BCUT2D eigenvalue weighted by Gasteiger charge is -2.36. The number of Topliss-reactive ketones (excluding diaryl/α,β-unsaturated/α-hetero) is 1. The maximum atomic E-state index is 12.4. The lowest BCUT2D eigenvalue weighted by atomic mass is 9.67. The van der Waals surface area contributed by atoms with E-state index in [0.29, 0.717) is 24.3 Å². The van der Waals surface area contributed by atoms with Crippen molar-refractivity contribution < 1.29 is 19.1 Å². The maximum Gasteiger partial charge on any atom is 0.309 e. The van der Waals surface area contributed by atoms with Crippen LogP contribution in [0.5, 0.6) is 0 Å². The molecule has 4 atom stereocenters. The zero-order valence-electron chi connectivity index (χ0n) is 14.0. The second-order valence-corrected chi connectivity index (χ2v) is 7.16. The van der Waals surface area contributed by atoms with E-state index in [1.54, 1.807) is 12.1 Å². The van der Waals surface area contributed by atoms with Crippen LogP contribution in [0, 0.1) is 17.8 Å². The largest absolute Gasteiger partial charge is 0.452 e. The van der Waals surface area contributed by atoms with Gasteiger partial charge < -0.3 is 10.1 Å². The van der Waals surface area contributed by atoms with Crippen LogP contribution in [0.25, 0.3) is 0 Å². The van der Waals surface area contributed by atoms with E-state index in [0.717, 1.165) is 19.3 Å². The number of halogens is 1.